The highest BCUT2D eigenvalue weighted by Crippen LogP contribution is 2.42. The number of nitrogens with one attached hydrogen (secondary N) is 1. The van der Waals surface area contributed by atoms with Crippen LogP contribution in [0.1, 0.15) is 63.5 Å². The fourth-order valence-electron chi connectivity index (χ4n) is 5.53. The quantitative estimate of drug-likeness (QED) is 0.293. The molecule has 0 radical (unpaired) electrons. The molecule has 2 N–H and O–H groups in total. The smallest absolute Gasteiger partial charge is 0.336 e. The lowest BCUT2D eigenvalue weighted by Gasteiger charge is -2.34. The van der Waals surface area contributed by atoms with Crippen LogP contribution in [0.15, 0.2) is 78.9 Å². The third-order valence-corrected chi connectivity index (χ3v) is 7.33. The van der Waals surface area contributed by atoms with Crippen molar-refractivity contribution < 1.29 is 14.6 Å². The summed E-state index contributed by atoms with van der Waals surface area (Å²) in [6.45, 7) is 6.68. The van der Waals surface area contributed by atoms with E-state index in [1.54, 1.807) is 0 Å². The molecule has 186 valence electrons. The first-order chi connectivity index (χ1) is 16.9. The molecule has 3 atom stereocenters. The third kappa shape index (κ3) is 4.84. The largest absolute Gasteiger partial charge is 0.489 e. The average molecular weight is 502 g/mol. The Morgan fingerprint density at radius 1 is 0.972 bits per heavy atom. The Labute approximate surface area is 218 Å². The molecule has 1 heterocycles. The van der Waals surface area contributed by atoms with Crippen LogP contribution in [-0.4, -0.2) is 23.7 Å². The summed E-state index contributed by atoms with van der Waals surface area (Å²) in [5.74, 6) is 0.0906. The van der Waals surface area contributed by atoms with Crippen molar-refractivity contribution in [2.24, 2.45) is 0 Å². The number of fused-ring (bicyclic) bond motifs is 2. The first-order valence-corrected chi connectivity index (χ1v) is 12.2. The highest BCUT2D eigenvalue weighted by atomic mass is 35.5. The summed E-state index contributed by atoms with van der Waals surface area (Å²) in [6.07, 6.45) is 0.760. The molecule has 4 aromatic rings. The Morgan fingerprint density at radius 3 is 2.50 bits per heavy atom. The first kappa shape index (κ1) is 25.7. The van der Waals surface area contributed by atoms with Crippen molar-refractivity contribution in [2.45, 2.75) is 45.3 Å². The van der Waals surface area contributed by atoms with Gasteiger partial charge in [0.25, 0.3) is 0 Å². The SMILES string of the molecule is Cc1ccc([C@@H]2C[C@H](CNC(C)c3cccc4ccccc34)Oc3ccccc32)c(C)c1C(=O)O.Cl. The van der Waals surface area contributed by atoms with Crippen LogP contribution in [0.2, 0.25) is 0 Å². The van der Waals surface area contributed by atoms with E-state index in [4.69, 9.17) is 4.74 Å². The van der Waals surface area contributed by atoms with Crippen LogP contribution in [0.5, 0.6) is 5.75 Å². The highest BCUT2D eigenvalue weighted by molar-refractivity contribution is 5.91. The van der Waals surface area contributed by atoms with E-state index >= 15 is 0 Å². The summed E-state index contributed by atoms with van der Waals surface area (Å²) >= 11 is 0. The van der Waals surface area contributed by atoms with E-state index in [0.717, 1.165) is 34.4 Å². The van der Waals surface area contributed by atoms with Crippen LogP contribution in [0.3, 0.4) is 0 Å². The Bertz CT molecular complexity index is 1390. The zero-order valence-electron chi connectivity index (χ0n) is 20.8. The maximum atomic E-state index is 12.0. The van der Waals surface area contributed by atoms with Gasteiger partial charge in [-0.15, -0.1) is 12.4 Å². The lowest BCUT2D eigenvalue weighted by molar-refractivity contribution is 0.0695. The molecule has 5 heteroatoms. The van der Waals surface area contributed by atoms with Crippen LogP contribution in [0, 0.1) is 13.8 Å². The fraction of sp³-hybridized carbons (Fsp3) is 0.258. The van der Waals surface area contributed by atoms with Crippen LogP contribution in [0.25, 0.3) is 10.8 Å². The van der Waals surface area contributed by atoms with Crippen molar-refractivity contribution in [1.29, 1.82) is 0 Å². The van der Waals surface area contributed by atoms with E-state index in [-0.39, 0.29) is 30.5 Å². The predicted octanol–water partition coefficient (Wildman–Crippen LogP) is 7.21. The van der Waals surface area contributed by atoms with Gasteiger partial charge in [-0.25, -0.2) is 4.79 Å². The zero-order valence-corrected chi connectivity index (χ0v) is 21.6. The average Bonchev–Trinajstić information content (AvgIpc) is 2.86. The summed E-state index contributed by atoms with van der Waals surface area (Å²) in [5.41, 5.74) is 5.50. The van der Waals surface area contributed by atoms with Gasteiger partial charge in [0.15, 0.2) is 0 Å². The number of rotatable bonds is 6. The number of hydrogen-bond acceptors (Lipinski definition) is 3. The van der Waals surface area contributed by atoms with Crippen molar-refractivity contribution in [3.8, 4) is 5.75 Å². The van der Waals surface area contributed by atoms with E-state index in [1.807, 2.05) is 38.1 Å². The zero-order chi connectivity index (χ0) is 24.5. The van der Waals surface area contributed by atoms with Gasteiger partial charge in [-0.3, -0.25) is 0 Å². The van der Waals surface area contributed by atoms with Gasteiger partial charge in [0.2, 0.25) is 0 Å². The number of carboxylic acid groups (broad SMARTS) is 1. The van der Waals surface area contributed by atoms with Crippen molar-refractivity contribution in [1.82, 2.24) is 5.32 Å². The number of carboxylic acids is 1. The molecular weight excluding hydrogens is 470 g/mol. The molecule has 1 aliphatic rings. The summed E-state index contributed by atoms with van der Waals surface area (Å²) in [5, 5.41) is 16.0. The predicted molar refractivity (Wildman–Crippen MR) is 148 cm³/mol. The Hall–Kier alpha value is -3.34. The van der Waals surface area contributed by atoms with Crippen molar-refractivity contribution in [2.75, 3.05) is 6.54 Å². The van der Waals surface area contributed by atoms with Crippen molar-refractivity contribution >= 4 is 29.1 Å². The molecule has 0 aliphatic carbocycles. The molecule has 0 saturated heterocycles. The van der Waals surface area contributed by atoms with Crippen LogP contribution < -0.4 is 10.1 Å². The fourth-order valence-corrected chi connectivity index (χ4v) is 5.53. The molecule has 0 spiro atoms. The van der Waals surface area contributed by atoms with Crippen LogP contribution in [0.4, 0.5) is 0 Å². The number of para-hydroxylation sites is 1. The van der Waals surface area contributed by atoms with Gasteiger partial charge in [-0.05, 0) is 66.3 Å². The maximum Gasteiger partial charge on any atom is 0.336 e. The number of carbonyl (C=O) groups is 1. The molecular formula is C31H32ClNO3. The summed E-state index contributed by atoms with van der Waals surface area (Å²) in [6, 6.07) is 27.2. The second-order valence-corrected chi connectivity index (χ2v) is 9.54. The molecule has 0 aromatic heterocycles. The number of halogens is 1. The molecule has 0 bridgehead atoms. The maximum absolute atomic E-state index is 12.0. The molecule has 1 aliphatic heterocycles. The van der Waals surface area contributed by atoms with Crippen LogP contribution in [-0.2, 0) is 0 Å². The van der Waals surface area contributed by atoms with Gasteiger partial charge >= 0.3 is 5.97 Å². The van der Waals surface area contributed by atoms with Gasteiger partial charge < -0.3 is 15.2 Å². The van der Waals surface area contributed by atoms with Crippen LogP contribution >= 0.6 is 12.4 Å². The first-order valence-electron chi connectivity index (χ1n) is 12.2. The number of ether oxygens (including phenoxy) is 1. The Balaban J connectivity index is 0.00000304. The van der Waals surface area contributed by atoms with E-state index in [2.05, 4.69) is 66.8 Å². The summed E-state index contributed by atoms with van der Waals surface area (Å²) in [7, 11) is 0. The van der Waals surface area contributed by atoms with Crippen molar-refractivity contribution in [3.05, 3.63) is 112 Å². The van der Waals surface area contributed by atoms with E-state index in [1.165, 1.54) is 16.3 Å². The molecule has 36 heavy (non-hydrogen) atoms. The normalized spacial score (nSPS) is 17.5. The van der Waals surface area contributed by atoms with Crippen molar-refractivity contribution in [3.63, 3.8) is 0 Å². The molecule has 4 nitrogen and oxygen atoms in total. The number of benzene rings is 4. The minimum Gasteiger partial charge on any atom is -0.489 e. The minimum atomic E-state index is -0.871. The Kier molecular flexibility index (Phi) is 7.67. The third-order valence-electron chi connectivity index (χ3n) is 7.33. The standard InChI is InChI=1S/C31H31NO3.ClH/c1-19-15-16-24(20(2)30(19)31(33)34)28-17-23(35-29-14-7-6-12-27(28)29)18-32-21(3)25-13-8-10-22-9-4-5-11-26(22)25;/h4-16,21,23,28,32H,17-18H2,1-3H3,(H,33,34);1H/t21?,23-,28+;/m1./s1. The lowest BCUT2D eigenvalue weighted by Crippen LogP contribution is -2.37. The second-order valence-electron chi connectivity index (χ2n) is 9.54. The number of aryl methyl sites for hydroxylation is 1. The number of aromatic carboxylic acids is 1. The van der Waals surface area contributed by atoms with E-state index < -0.39 is 5.97 Å². The lowest BCUT2D eigenvalue weighted by atomic mass is 9.80. The van der Waals surface area contributed by atoms with Gasteiger partial charge in [0.1, 0.15) is 11.9 Å². The topological polar surface area (TPSA) is 58.6 Å². The molecule has 0 fully saturated rings. The second kappa shape index (κ2) is 10.7. The van der Waals surface area contributed by atoms with Gasteiger partial charge in [-0.2, -0.15) is 0 Å². The van der Waals surface area contributed by atoms with E-state index in [0.29, 0.717) is 12.1 Å². The van der Waals surface area contributed by atoms with E-state index in [9.17, 15) is 9.90 Å². The molecule has 4 aromatic carbocycles. The highest BCUT2D eigenvalue weighted by Gasteiger charge is 2.31. The summed E-state index contributed by atoms with van der Waals surface area (Å²) in [4.78, 5) is 12.0. The monoisotopic (exact) mass is 501 g/mol. The molecule has 0 saturated carbocycles. The van der Waals surface area contributed by atoms with Gasteiger partial charge in [-0.1, -0.05) is 72.8 Å². The molecule has 5 rings (SSSR count). The molecule has 0 amide bonds. The number of hydrogen-bond donors (Lipinski definition) is 2. The minimum absolute atomic E-state index is 0. The molecule has 1 unspecified atom stereocenters. The summed E-state index contributed by atoms with van der Waals surface area (Å²) < 4.78 is 6.42. The van der Waals surface area contributed by atoms with Gasteiger partial charge in [0, 0.05) is 24.1 Å². The van der Waals surface area contributed by atoms with Gasteiger partial charge in [0.05, 0.1) is 5.56 Å². The Morgan fingerprint density at radius 2 is 1.69 bits per heavy atom.